The molecular formula is C16H26N2O2. The quantitative estimate of drug-likeness (QED) is 0.539. The molecule has 0 aliphatic rings. The highest BCUT2D eigenvalue weighted by atomic mass is 16.5. The topological polar surface area (TPSA) is 64.3 Å². The number of benzene rings is 1. The normalized spacial score (nSPS) is 12.1. The van der Waals surface area contributed by atoms with E-state index in [0.29, 0.717) is 18.8 Å². The lowest BCUT2D eigenvalue weighted by atomic mass is 10.00. The van der Waals surface area contributed by atoms with Crippen molar-refractivity contribution in [1.29, 1.82) is 0 Å². The third kappa shape index (κ3) is 6.06. The Kier molecular flexibility index (Phi) is 7.73. The Morgan fingerprint density at radius 3 is 2.80 bits per heavy atom. The first-order valence-corrected chi connectivity index (χ1v) is 7.36. The van der Waals surface area contributed by atoms with Gasteiger partial charge >= 0.3 is 0 Å². The molecule has 20 heavy (non-hydrogen) atoms. The highest BCUT2D eigenvalue weighted by Gasteiger charge is 2.14. The number of nitrogens with two attached hydrogens (primary N) is 1. The smallest absolute Gasteiger partial charge is 0.227 e. The molecule has 1 unspecified atom stereocenters. The number of hydrogen-bond acceptors (Lipinski definition) is 3. The summed E-state index contributed by atoms with van der Waals surface area (Å²) in [5.41, 5.74) is 7.36. The Balaban J connectivity index is 2.22. The van der Waals surface area contributed by atoms with Gasteiger partial charge in [0.15, 0.2) is 0 Å². The SMILES string of the molecule is CCCCOCCCNC(=O)C(C)c1cccc(N)c1. The minimum absolute atomic E-state index is 0.0316. The number of ether oxygens (including phenoxy) is 1. The first-order chi connectivity index (χ1) is 9.65. The lowest BCUT2D eigenvalue weighted by Gasteiger charge is -2.13. The molecule has 3 N–H and O–H groups in total. The van der Waals surface area contributed by atoms with E-state index in [0.717, 1.165) is 31.4 Å². The molecule has 0 fully saturated rings. The summed E-state index contributed by atoms with van der Waals surface area (Å²) in [6.07, 6.45) is 3.09. The Hall–Kier alpha value is -1.55. The molecule has 0 aliphatic heterocycles. The molecule has 1 aromatic rings. The number of nitrogen functional groups attached to an aromatic ring is 1. The third-order valence-electron chi connectivity index (χ3n) is 3.21. The summed E-state index contributed by atoms with van der Waals surface area (Å²) in [4.78, 5) is 12.0. The molecule has 0 heterocycles. The third-order valence-corrected chi connectivity index (χ3v) is 3.21. The van der Waals surface area contributed by atoms with Crippen molar-refractivity contribution in [2.45, 2.75) is 39.0 Å². The van der Waals surface area contributed by atoms with Crippen LogP contribution in [-0.2, 0) is 9.53 Å². The molecule has 4 nitrogen and oxygen atoms in total. The zero-order chi connectivity index (χ0) is 14.8. The molecule has 0 radical (unpaired) electrons. The van der Waals surface area contributed by atoms with E-state index >= 15 is 0 Å². The number of unbranched alkanes of at least 4 members (excludes halogenated alkanes) is 1. The summed E-state index contributed by atoms with van der Waals surface area (Å²) in [5.74, 6) is -0.149. The summed E-state index contributed by atoms with van der Waals surface area (Å²) in [5, 5.41) is 2.93. The average Bonchev–Trinajstić information content (AvgIpc) is 2.45. The molecule has 4 heteroatoms. The van der Waals surface area contributed by atoms with E-state index < -0.39 is 0 Å². The van der Waals surface area contributed by atoms with Gasteiger partial charge in [-0.1, -0.05) is 25.5 Å². The minimum atomic E-state index is -0.181. The molecule has 1 atom stereocenters. The van der Waals surface area contributed by atoms with Gasteiger partial charge in [-0.05, 0) is 37.5 Å². The molecule has 112 valence electrons. The zero-order valence-corrected chi connectivity index (χ0v) is 12.5. The number of anilines is 1. The van der Waals surface area contributed by atoms with Crippen molar-refractivity contribution in [2.75, 3.05) is 25.5 Å². The number of rotatable bonds is 9. The largest absolute Gasteiger partial charge is 0.399 e. The van der Waals surface area contributed by atoms with E-state index in [4.69, 9.17) is 10.5 Å². The van der Waals surface area contributed by atoms with Gasteiger partial charge in [0.05, 0.1) is 5.92 Å². The standard InChI is InChI=1S/C16H26N2O2/c1-3-4-10-20-11-6-9-18-16(19)13(2)14-7-5-8-15(17)12-14/h5,7-8,12-13H,3-4,6,9-11,17H2,1-2H3,(H,18,19). The van der Waals surface area contributed by atoms with Crippen LogP contribution in [0, 0.1) is 0 Å². The molecule has 0 saturated heterocycles. The molecule has 0 aliphatic carbocycles. The van der Waals surface area contributed by atoms with Crippen LogP contribution in [0.3, 0.4) is 0 Å². The Bertz CT molecular complexity index is 407. The molecule has 0 spiro atoms. The van der Waals surface area contributed by atoms with Crippen molar-refractivity contribution < 1.29 is 9.53 Å². The van der Waals surface area contributed by atoms with Gasteiger partial charge in [0.25, 0.3) is 0 Å². The van der Waals surface area contributed by atoms with Crippen molar-refractivity contribution in [3.05, 3.63) is 29.8 Å². The fourth-order valence-corrected chi connectivity index (χ4v) is 1.87. The summed E-state index contributed by atoms with van der Waals surface area (Å²) in [7, 11) is 0. The van der Waals surface area contributed by atoms with Crippen LogP contribution < -0.4 is 11.1 Å². The van der Waals surface area contributed by atoms with Crippen LogP contribution in [0.4, 0.5) is 5.69 Å². The van der Waals surface area contributed by atoms with E-state index in [1.54, 1.807) is 0 Å². The predicted octanol–water partition coefficient (Wildman–Crippen LogP) is 2.70. The van der Waals surface area contributed by atoms with E-state index in [9.17, 15) is 4.79 Å². The fraction of sp³-hybridized carbons (Fsp3) is 0.562. The highest BCUT2D eigenvalue weighted by Crippen LogP contribution is 2.17. The van der Waals surface area contributed by atoms with Crippen LogP contribution in [0.15, 0.2) is 24.3 Å². The second-order valence-electron chi connectivity index (χ2n) is 5.00. The summed E-state index contributed by atoms with van der Waals surface area (Å²) < 4.78 is 5.45. The van der Waals surface area contributed by atoms with Crippen molar-refractivity contribution in [1.82, 2.24) is 5.32 Å². The zero-order valence-electron chi connectivity index (χ0n) is 12.5. The van der Waals surface area contributed by atoms with Crippen LogP contribution in [0.5, 0.6) is 0 Å². The highest BCUT2D eigenvalue weighted by molar-refractivity contribution is 5.83. The maximum absolute atomic E-state index is 12.0. The van der Waals surface area contributed by atoms with E-state index in [-0.39, 0.29) is 11.8 Å². The van der Waals surface area contributed by atoms with Gasteiger partial charge in [-0.25, -0.2) is 0 Å². The number of carbonyl (C=O) groups excluding carboxylic acids is 1. The lowest BCUT2D eigenvalue weighted by molar-refractivity contribution is -0.122. The molecule has 0 aromatic heterocycles. The second-order valence-corrected chi connectivity index (χ2v) is 5.00. The Morgan fingerprint density at radius 2 is 2.10 bits per heavy atom. The average molecular weight is 278 g/mol. The van der Waals surface area contributed by atoms with Gasteiger partial charge < -0.3 is 15.8 Å². The summed E-state index contributed by atoms with van der Waals surface area (Å²) >= 11 is 0. The van der Waals surface area contributed by atoms with Gasteiger partial charge in [0.2, 0.25) is 5.91 Å². The molecular weight excluding hydrogens is 252 g/mol. The van der Waals surface area contributed by atoms with Crippen LogP contribution in [-0.4, -0.2) is 25.7 Å². The maximum Gasteiger partial charge on any atom is 0.227 e. The van der Waals surface area contributed by atoms with E-state index in [1.807, 2.05) is 31.2 Å². The predicted molar refractivity (Wildman–Crippen MR) is 82.6 cm³/mol. The Morgan fingerprint density at radius 1 is 1.35 bits per heavy atom. The molecule has 0 saturated carbocycles. The van der Waals surface area contributed by atoms with E-state index in [2.05, 4.69) is 12.2 Å². The van der Waals surface area contributed by atoms with Crippen molar-refractivity contribution >= 4 is 11.6 Å². The van der Waals surface area contributed by atoms with Gasteiger partial charge in [0.1, 0.15) is 0 Å². The molecule has 1 rings (SSSR count). The van der Waals surface area contributed by atoms with Crippen LogP contribution in [0.1, 0.15) is 44.6 Å². The lowest BCUT2D eigenvalue weighted by Crippen LogP contribution is -2.29. The summed E-state index contributed by atoms with van der Waals surface area (Å²) in [6, 6.07) is 7.46. The number of nitrogens with one attached hydrogen (secondary N) is 1. The molecule has 1 aromatic carbocycles. The van der Waals surface area contributed by atoms with Crippen LogP contribution in [0.25, 0.3) is 0 Å². The van der Waals surface area contributed by atoms with Gasteiger partial charge in [-0.3, -0.25) is 4.79 Å². The first kappa shape index (κ1) is 16.5. The van der Waals surface area contributed by atoms with Gasteiger partial charge in [-0.15, -0.1) is 0 Å². The van der Waals surface area contributed by atoms with E-state index in [1.165, 1.54) is 0 Å². The number of carbonyl (C=O) groups is 1. The van der Waals surface area contributed by atoms with Crippen molar-refractivity contribution in [3.63, 3.8) is 0 Å². The molecule has 1 amide bonds. The first-order valence-electron chi connectivity index (χ1n) is 7.36. The fourth-order valence-electron chi connectivity index (χ4n) is 1.87. The minimum Gasteiger partial charge on any atom is -0.399 e. The Labute approximate surface area is 121 Å². The number of hydrogen-bond donors (Lipinski definition) is 2. The monoisotopic (exact) mass is 278 g/mol. The van der Waals surface area contributed by atoms with Gasteiger partial charge in [0, 0.05) is 25.4 Å². The molecule has 0 bridgehead atoms. The van der Waals surface area contributed by atoms with Crippen molar-refractivity contribution in [3.8, 4) is 0 Å². The summed E-state index contributed by atoms with van der Waals surface area (Å²) in [6.45, 7) is 6.19. The number of amides is 1. The van der Waals surface area contributed by atoms with Crippen LogP contribution >= 0.6 is 0 Å². The van der Waals surface area contributed by atoms with Crippen molar-refractivity contribution in [2.24, 2.45) is 0 Å². The maximum atomic E-state index is 12.0. The van der Waals surface area contributed by atoms with Gasteiger partial charge in [-0.2, -0.15) is 0 Å². The second kappa shape index (κ2) is 9.37. The van der Waals surface area contributed by atoms with Crippen LogP contribution in [0.2, 0.25) is 0 Å².